The summed E-state index contributed by atoms with van der Waals surface area (Å²) in [5.74, 6) is 6.51. The van der Waals surface area contributed by atoms with E-state index >= 15 is 0 Å². The molecular formula is C19H27NO3. The van der Waals surface area contributed by atoms with Crippen LogP contribution in [-0.2, 0) is 9.53 Å². The van der Waals surface area contributed by atoms with Gasteiger partial charge in [-0.3, -0.25) is 0 Å². The Morgan fingerprint density at radius 1 is 1.17 bits per heavy atom. The SMILES string of the molecule is CCCCCCC#C[C@@H](Nc1ccc(OC)cc1)C(=O)OCC. The van der Waals surface area contributed by atoms with Gasteiger partial charge in [0.2, 0.25) is 0 Å². The second-order valence-corrected chi connectivity index (χ2v) is 5.19. The molecule has 0 unspecified atom stereocenters. The molecule has 4 nitrogen and oxygen atoms in total. The summed E-state index contributed by atoms with van der Waals surface area (Å²) in [4.78, 5) is 12.0. The first-order chi connectivity index (χ1) is 11.2. The van der Waals surface area contributed by atoms with Gasteiger partial charge in [0.15, 0.2) is 6.04 Å². The van der Waals surface area contributed by atoms with Gasteiger partial charge >= 0.3 is 5.97 Å². The maximum Gasteiger partial charge on any atom is 0.341 e. The average Bonchev–Trinajstić information content (AvgIpc) is 2.57. The van der Waals surface area contributed by atoms with Crippen LogP contribution in [-0.4, -0.2) is 25.7 Å². The van der Waals surface area contributed by atoms with Crippen LogP contribution >= 0.6 is 0 Å². The quantitative estimate of drug-likeness (QED) is 0.425. The zero-order chi connectivity index (χ0) is 16.9. The topological polar surface area (TPSA) is 47.6 Å². The molecule has 0 saturated heterocycles. The van der Waals surface area contributed by atoms with Gasteiger partial charge in [0.1, 0.15) is 5.75 Å². The monoisotopic (exact) mass is 317 g/mol. The number of benzene rings is 1. The smallest absolute Gasteiger partial charge is 0.341 e. The summed E-state index contributed by atoms with van der Waals surface area (Å²) in [5.41, 5.74) is 0.809. The third-order valence-corrected chi connectivity index (χ3v) is 3.33. The molecule has 4 heteroatoms. The molecule has 0 aromatic heterocycles. The van der Waals surface area contributed by atoms with E-state index in [-0.39, 0.29) is 5.97 Å². The fraction of sp³-hybridized carbons (Fsp3) is 0.526. The molecule has 0 aliphatic rings. The van der Waals surface area contributed by atoms with Crippen molar-refractivity contribution >= 4 is 11.7 Å². The van der Waals surface area contributed by atoms with Crippen molar-refractivity contribution in [2.24, 2.45) is 0 Å². The summed E-state index contributed by atoms with van der Waals surface area (Å²) >= 11 is 0. The highest BCUT2D eigenvalue weighted by Crippen LogP contribution is 2.16. The number of methoxy groups -OCH3 is 1. The third kappa shape index (κ3) is 7.60. The van der Waals surface area contributed by atoms with Crippen molar-refractivity contribution in [2.45, 2.75) is 52.0 Å². The standard InChI is InChI=1S/C19H27NO3/c1-4-6-7-8-9-10-11-18(19(21)23-5-2)20-16-12-14-17(22-3)15-13-16/h12-15,18,20H,4-9H2,1-3H3/t18-/m1/s1. The van der Waals surface area contributed by atoms with E-state index in [1.807, 2.05) is 24.3 Å². The Morgan fingerprint density at radius 3 is 2.52 bits per heavy atom. The van der Waals surface area contributed by atoms with E-state index in [9.17, 15) is 4.79 Å². The van der Waals surface area contributed by atoms with Gasteiger partial charge in [0.25, 0.3) is 0 Å². The zero-order valence-electron chi connectivity index (χ0n) is 14.4. The Hall–Kier alpha value is -2.15. The predicted molar refractivity (Wildman–Crippen MR) is 93.6 cm³/mol. The first-order valence-corrected chi connectivity index (χ1v) is 8.26. The van der Waals surface area contributed by atoms with Crippen LogP contribution in [0.3, 0.4) is 0 Å². The molecule has 0 amide bonds. The molecule has 0 spiro atoms. The fourth-order valence-electron chi connectivity index (χ4n) is 2.05. The van der Waals surface area contributed by atoms with Crippen molar-refractivity contribution in [3.8, 4) is 17.6 Å². The number of carbonyl (C=O) groups excluding carboxylic acids is 1. The van der Waals surface area contributed by atoms with E-state index in [0.29, 0.717) is 6.61 Å². The molecule has 0 radical (unpaired) electrons. The van der Waals surface area contributed by atoms with Crippen LogP contribution in [0.2, 0.25) is 0 Å². The molecule has 1 aromatic carbocycles. The normalized spacial score (nSPS) is 11.1. The fourth-order valence-corrected chi connectivity index (χ4v) is 2.05. The second-order valence-electron chi connectivity index (χ2n) is 5.19. The van der Waals surface area contributed by atoms with E-state index in [1.54, 1.807) is 14.0 Å². The molecule has 1 rings (SSSR count). The molecule has 0 aliphatic carbocycles. The van der Waals surface area contributed by atoms with E-state index in [0.717, 1.165) is 24.3 Å². The van der Waals surface area contributed by atoms with Gasteiger partial charge in [-0.15, -0.1) is 5.92 Å². The number of esters is 1. The van der Waals surface area contributed by atoms with Gasteiger partial charge in [0, 0.05) is 12.1 Å². The first-order valence-electron chi connectivity index (χ1n) is 8.26. The van der Waals surface area contributed by atoms with Gasteiger partial charge in [0.05, 0.1) is 13.7 Å². The lowest BCUT2D eigenvalue weighted by atomic mass is 10.1. The summed E-state index contributed by atoms with van der Waals surface area (Å²) in [6, 6.07) is 6.74. The lowest BCUT2D eigenvalue weighted by Crippen LogP contribution is -2.30. The molecule has 0 heterocycles. The van der Waals surface area contributed by atoms with Crippen LogP contribution < -0.4 is 10.1 Å². The predicted octanol–water partition coefficient (Wildman–Crippen LogP) is 4.01. The molecule has 1 aromatic rings. The number of rotatable bonds is 9. The lowest BCUT2D eigenvalue weighted by Gasteiger charge is -2.13. The van der Waals surface area contributed by atoms with Crippen LogP contribution in [0.25, 0.3) is 0 Å². The molecule has 23 heavy (non-hydrogen) atoms. The first kappa shape index (κ1) is 18.9. The highest BCUT2D eigenvalue weighted by atomic mass is 16.5. The molecule has 0 aliphatic heterocycles. The number of unbranched alkanes of at least 4 members (excludes halogenated alkanes) is 4. The van der Waals surface area contributed by atoms with Crippen LogP contribution in [0.15, 0.2) is 24.3 Å². The van der Waals surface area contributed by atoms with Crippen molar-refractivity contribution in [1.29, 1.82) is 0 Å². The number of ether oxygens (including phenoxy) is 2. The van der Waals surface area contributed by atoms with Gasteiger partial charge in [-0.25, -0.2) is 4.79 Å². The van der Waals surface area contributed by atoms with E-state index in [2.05, 4.69) is 24.1 Å². The van der Waals surface area contributed by atoms with Crippen molar-refractivity contribution in [1.82, 2.24) is 0 Å². The maximum absolute atomic E-state index is 12.0. The molecule has 1 atom stereocenters. The Balaban J connectivity index is 2.64. The molecule has 0 fully saturated rings. The molecular weight excluding hydrogens is 290 g/mol. The average molecular weight is 317 g/mol. The van der Waals surface area contributed by atoms with Gasteiger partial charge in [-0.05, 0) is 37.6 Å². The molecule has 0 saturated carbocycles. The Bertz CT molecular complexity index is 514. The highest BCUT2D eigenvalue weighted by Gasteiger charge is 2.16. The van der Waals surface area contributed by atoms with Crippen molar-refractivity contribution in [3.63, 3.8) is 0 Å². The van der Waals surface area contributed by atoms with Crippen molar-refractivity contribution < 1.29 is 14.3 Å². The summed E-state index contributed by atoms with van der Waals surface area (Å²) in [5, 5.41) is 3.11. The van der Waals surface area contributed by atoms with E-state index in [1.165, 1.54) is 19.3 Å². The largest absolute Gasteiger partial charge is 0.497 e. The van der Waals surface area contributed by atoms with Crippen LogP contribution in [0.1, 0.15) is 46.0 Å². The number of hydrogen-bond donors (Lipinski definition) is 1. The Labute approximate surface area is 139 Å². The minimum atomic E-state index is -0.644. The number of nitrogens with one attached hydrogen (secondary N) is 1. The minimum absolute atomic E-state index is 0.343. The Morgan fingerprint density at radius 2 is 1.91 bits per heavy atom. The molecule has 0 bridgehead atoms. The summed E-state index contributed by atoms with van der Waals surface area (Å²) in [7, 11) is 1.62. The third-order valence-electron chi connectivity index (χ3n) is 3.33. The molecule has 1 N–H and O–H groups in total. The number of carbonyl (C=O) groups is 1. The summed E-state index contributed by atoms with van der Waals surface area (Å²) in [6.07, 6.45) is 5.49. The maximum atomic E-state index is 12.0. The summed E-state index contributed by atoms with van der Waals surface area (Å²) in [6.45, 7) is 4.32. The van der Waals surface area contributed by atoms with Crippen molar-refractivity contribution in [2.75, 3.05) is 19.0 Å². The zero-order valence-corrected chi connectivity index (χ0v) is 14.4. The van der Waals surface area contributed by atoms with Crippen molar-refractivity contribution in [3.05, 3.63) is 24.3 Å². The highest BCUT2D eigenvalue weighted by molar-refractivity contribution is 5.83. The number of hydrogen-bond acceptors (Lipinski definition) is 4. The van der Waals surface area contributed by atoms with Crippen LogP contribution in [0, 0.1) is 11.8 Å². The minimum Gasteiger partial charge on any atom is -0.497 e. The van der Waals surface area contributed by atoms with Gasteiger partial charge < -0.3 is 14.8 Å². The van der Waals surface area contributed by atoms with Crippen LogP contribution in [0.4, 0.5) is 5.69 Å². The van der Waals surface area contributed by atoms with Gasteiger partial charge in [-0.1, -0.05) is 32.1 Å². The summed E-state index contributed by atoms with van der Waals surface area (Å²) < 4.78 is 10.2. The van der Waals surface area contributed by atoms with E-state index < -0.39 is 6.04 Å². The number of anilines is 1. The molecule has 126 valence electrons. The van der Waals surface area contributed by atoms with Crippen LogP contribution in [0.5, 0.6) is 5.75 Å². The Kier molecular flexibility index (Phi) is 9.38. The second kappa shape index (κ2) is 11.4. The van der Waals surface area contributed by atoms with Gasteiger partial charge in [-0.2, -0.15) is 0 Å². The van der Waals surface area contributed by atoms with E-state index in [4.69, 9.17) is 9.47 Å². The lowest BCUT2D eigenvalue weighted by molar-refractivity contribution is -0.142.